The molecule has 0 aliphatic carbocycles. The first kappa shape index (κ1) is 31.3. The molecule has 4 heterocycles. The van der Waals surface area contributed by atoms with Crippen molar-refractivity contribution in [1.29, 1.82) is 0 Å². The Labute approximate surface area is 346 Å². The van der Waals surface area contributed by atoms with Crippen LogP contribution in [0, 0.1) is 24.1 Å². The molecule has 8 rings (SSSR count). The Morgan fingerprint density at radius 3 is 2.11 bits per heavy atom. The van der Waals surface area contributed by atoms with Crippen molar-refractivity contribution in [2.24, 2.45) is 17.8 Å². The van der Waals surface area contributed by atoms with Gasteiger partial charge in [0, 0.05) is 37.5 Å². The van der Waals surface area contributed by atoms with Crippen molar-refractivity contribution in [3.8, 4) is 28.7 Å². The molecule has 0 aliphatic rings. The fourth-order valence-electron chi connectivity index (χ4n) is 7.48. The van der Waals surface area contributed by atoms with E-state index in [1.807, 2.05) is 111 Å². The molecule has 0 saturated heterocycles. The van der Waals surface area contributed by atoms with Crippen LogP contribution in [0.5, 0.6) is 11.5 Å². The third-order valence-corrected chi connectivity index (χ3v) is 9.88. The van der Waals surface area contributed by atoms with Gasteiger partial charge in [-0.05, 0) is 108 Å². The lowest BCUT2D eigenvalue weighted by atomic mass is 9.87. The molecule has 0 unspecified atom stereocenters. The molecular weight excluding hydrogens is 699 g/mol. The zero-order valence-electron chi connectivity index (χ0n) is 40.3. The van der Waals surface area contributed by atoms with Crippen LogP contribution < -0.4 is 9.30 Å². The predicted octanol–water partition coefficient (Wildman–Crippen LogP) is 12.3. The lowest BCUT2D eigenvalue weighted by molar-refractivity contribution is -0.572. The lowest BCUT2D eigenvalue weighted by Gasteiger charge is -2.20. The Hall–Kier alpha value is -5.75. The second-order valence-corrected chi connectivity index (χ2v) is 16.8. The predicted molar refractivity (Wildman–Crippen MR) is 234 cm³/mol. The summed E-state index contributed by atoms with van der Waals surface area (Å²) in [5.74, 6) is 0.752. The summed E-state index contributed by atoms with van der Waals surface area (Å²) < 4.78 is 66.4. The summed E-state index contributed by atoms with van der Waals surface area (Å²) >= 11 is 0. The molecule has 0 aliphatic heterocycles. The normalized spacial score (nSPS) is 14.6. The van der Waals surface area contributed by atoms with Crippen LogP contribution in [-0.2, 0) is 24.5 Å². The van der Waals surface area contributed by atoms with Gasteiger partial charge in [0.2, 0.25) is 0 Å². The van der Waals surface area contributed by atoms with Crippen molar-refractivity contribution < 1.29 is 17.5 Å². The first-order chi connectivity index (χ1) is 29.6. The number of nitrogens with zero attached hydrogens (tertiary/aromatic N) is 5. The van der Waals surface area contributed by atoms with E-state index in [-0.39, 0.29) is 23.2 Å². The van der Waals surface area contributed by atoms with E-state index >= 15 is 0 Å². The van der Waals surface area contributed by atoms with E-state index in [1.165, 1.54) is 0 Å². The van der Waals surface area contributed by atoms with E-state index in [0.29, 0.717) is 45.4 Å². The minimum atomic E-state index is -1.72. The topological polar surface area (TPSA) is 48.8 Å². The number of imidazole rings is 1. The van der Waals surface area contributed by atoms with Crippen LogP contribution in [0.4, 0.5) is 0 Å². The molecule has 4 aromatic heterocycles. The van der Waals surface area contributed by atoms with Crippen LogP contribution in [0.15, 0.2) is 116 Å². The highest BCUT2D eigenvalue weighted by atomic mass is 16.5. The molecule has 0 saturated carbocycles. The number of fused-ring (bicyclic) bond motifs is 4. The number of aromatic nitrogens is 5. The number of hydrogen-bond acceptors (Lipinski definition) is 3. The van der Waals surface area contributed by atoms with Gasteiger partial charge in [-0.1, -0.05) is 110 Å². The highest BCUT2D eigenvalue weighted by Crippen LogP contribution is 2.36. The van der Waals surface area contributed by atoms with Gasteiger partial charge in [-0.15, -0.1) is 0 Å². The largest absolute Gasteiger partial charge is 0.456 e. The summed E-state index contributed by atoms with van der Waals surface area (Å²) in [4.78, 5) is 9.35. The molecule has 0 atom stereocenters. The molecule has 0 bridgehead atoms. The number of benzene rings is 4. The van der Waals surface area contributed by atoms with E-state index in [4.69, 9.17) is 17.9 Å². The number of para-hydroxylation sites is 1. The SMILES string of the molecule is [2H]C([2H])(c1cc(-[n+]2[c-]n(-c3cncc(Oc4ccc5c6ccccc6n(-c6cc(C([2H])([2H])C(C)C)ccn6)c5c4)c3)c3ccc(C(C)(C)C)cc32)cc(C([2H])([2H])C(C)C)c1)C(C)C. The fraction of sp³-hybridized carbons (Fsp3) is 0.314. The van der Waals surface area contributed by atoms with Gasteiger partial charge in [0.25, 0.3) is 6.33 Å². The standard InChI is InChI=1S/C51H55N5O/c1-33(2)20-36-18-19-53-50(26-36)56-46-13-11-10-12-44(46)45-16-15-42(29-48(45)56)57-43-28-41(30-52-31-43)55-32-54(49-27-39(51(7,8)9)14-17-47(49)55)40-24-37(21-34(3)4)23-38(25-40)22-35(5)6/h10-19,23-31,33-35H,20-22H2,1-9H3/i20D2,21D2,22D2. The van der Waals surface area contributed by atoms with Crippen molar-refractivity contribution in [3.63, 3.8) is 0 Å². The summed E-state index contributed by atoms with van der Waals surface area (Å²) in [5, 5.41) is 2.05. The average Bonchev–Trinajstić information content (AvgIpc) is 3.79. The molecule has 0 spiro atoms. The van der Waals surface area contributed by atoms with Crippen molar-refractivity contribution >= 4 is 32.8 Å². The molecule has 0 amide bonds. The highest BCUT2D eigenvalue weighted by Gasteiger charge is 2.20. The first-order valence-corrected chi connectivity index (χ1v) is 19.9. The number of ether oxygens (including phenoxy) is 1. The Morgan fingerprint density at radius 2 is 1.39 bits per heavy atom. The van der Waals surface area contributed by atoms with E-state index in [1.54, 1.807) is 30.7 Å². The summed E-state index contributed by atoms with van der Waals surface area (Å²) in [6.45, 7) is 17.6. The zero-order chi connectivity index (χ0) is 45.4. The minimum Gasteiger partial charge on any atom is -0.456 e. The number of hydrogen-bond donors (Lipinski definition) is 0. The quantitative estimate of drug-likeness (QED) is 0.0974. The van der Waals surface area contributed by atoms with E-state index in [2.05, 4.69) is 60.9 Å². The maximum Gasteiger partial charge on any atom is 0.269 e. The van der Waals surface area contributed by atoms with Gasteiger partial charge in [0.05, 0.1) is 39.6 Å². The van der Waals surface area contributed by atoms with Gasteiger partial charge >= 0.3 is 0 Å². The monoisotopic (exact) mass is 759 g/mol. The summed E-state index contributed by atoms with van der Waals surface area (Å²) in [7, 11) is 0. The summed E-state index contributed by atoms with van der Waals surface area (Å²) in [5.41, 5.74) is 7.07. The molecule has 0 fully saturated rings. The average molecular weight is 760 g/mol. The molecule has 8 aromatic rings. The van der Waals surface area contributed by atoms with Crippen LogP contribution in [0.1, 0.15) is 92.8 Å². The molecular formula is C51H55N5O. The van der Waals surface area contributed by atoms with Crippen LogP contribution in [0.2, 0.25) is 0 Å². The molecule has 6 heteroatoms. The van der Waals surface area contributed by atoms with Gasteiger partial charge in [-0.25, -0.2) is 4.98 Å². The molecule has 6 nitrogen and oxygen atoms in total. The zero-order valence-corrected chi connectivity index (χ0v) is 34.3. The first-order valence-electron chi connectivity index (χ1n) is 22.9. The van der Waals surface area contributed by atoms with Crippen LogP contribution in [-0.4, -0.2) is 19.1 Å². The molecule has 0 N–H and O–H groups in total. The Balaban J connectivity index is 1.25. The molecule has 4 aromatic carbocycles. The second-order valence-electron chi connectivity index (χ2n) is 16.8. The number of pyridine rings is 2. The van der Waals surface area contributed by atoms with Crippen LogP contribution >= 0.6 is 0 Å². The summed E-state index contributed by atoms with van der Waals surface area (Å²) in [6, 6.07) is 31.2. The van der Waals surface area contributed by atoms with Gasteiger partial charge < -0.3 is 4.74 Å². The lowest BCUT2D eigenvalue weighted by Crippen LogP contribution is -2.30. The van der Waals surface area contributed by atoms with E-state index < -0.39 is 19.1 Å². The van der Waals surface area contributed by atoms with Crippen LogP contribution in [0.3, 0.4) is 0 Å². The number of rotatable bonds is 11. The van der Waals surface area contributed by atoms with Crippen molar-refractivity contribution in [3.05, 3.63) is 144 Å². The van der Waals surface area contributed by atoms with E-state index in [0.717, 1.165) is 38.4 Å². The van der Waals surface area contributed by atoms with Crippen LogP contribution in [0.25, 0.3) is 50.0 Å². The van der Waals surface area contributed by atoms with Crippen molar-refractivity contribution in [2.45, 2.75) is 86.8 Å². The van der Waals surface area contributed by atoms with Gasteiger partial charge in [-0.2, -0.15) is 0 Å². The van der Waals surface area contributed by atoms with Crippen molar-refractivity contribution in [2.75, 3.05) is 0 Å². The van der Waals surface area contributed by atoms with E-state index in [9.17, 15) is 0 Å². The Morgan fingerprint density at radius 1 is 0.684 bits per heavy atom. The molecule has 0 radical (unpaired) electrons. The minimum absolute atomic E-state index is 0.172. The maximum absolute atomic E-state index is 9.08. The molecule has 290 valence electrons. The van der Waals surface area contributed by atoms with Crippen molar-refractivity contribution in [1.82, 2.24) is 19.1 Å². The Bertz CT molecular complexity index is 2970. The fourth-order valence-corrected chi connectivity index (χ4v) is 7.48. The second kappa shape index (κ2) is 15.3. The molecule has 57 heavy (non-hydrogen) atoms. The Kier molecular flexibility index (Phi) is 8.42. The van der Waals surface area contributed by atoms with Gasteiger partial charge in [0.15, 0.2) is 0 Å². The smallest absolute Gasteiger partial charge is 0.269 e. The maximum atomic E-state index is 9.08. The third kappa shape index (κ3) is 7.96. The van der Waals surface area contributed by atoms with Gasteiger partial charge in [0.1, 0.15) is 17.3 Å². The summed E-state index contributed by atoms with van der Waals surface area (Å²) in [6.07, 6.45) is 3.65. The van der Waals surface area contributed by atoms with Gasteiger partial charge in [-0.3, -0.25) is 18.7 Å². The highest BCUT2D eigenvalue weighted by molar-refractivity contribution is 6.09. The third-order valence-electron chi connectivity index (χ3n) is 9.88.